The average Bonchev–Trinajstić information content (AvgIpc) is 2.03. The summed E-state index contributed by atoms with van der Waals surface area (Å²) in [7, 11) is 0. The van der Waals surface area contributed by atoms with Crippen LogP contribution in [-0.4, -0.2) is 11.6 Å². The topological polar surface area (TPSA) is 34.1 Å². The number of Topliss-reactive ketones (excluding diaryl/α,β-unsaturated/α-hetero) is 2. The fourth-order valence-corrected chi connectivity index (χ4v) is 1.95. The van der Waals surface area contributed by atoms with Gasteiger partial charge in [0.1, 0.15) is 11.6 Å². The summed E-state index contributed by atoms with van der Waals surface area (Å²) in [6, 6.07) is 0. The van der Waals surface area contributed by atoms with Crippen molar-refractivity contribution < 1.29 is 9.59 Å². The molecule has 1 aliphatic carbocycles. The first-order chi connectivity index (χ1) is 5.66. The molecule has 2 atom stereocenters. The van der Waals surface area contributed by atoms with Crippen LogP contribution in [0.1, 0.15) is 39.5 Å². The summed E-state index contributed by atoms with van der Waals surface area (Å²) >= 11 is 0. The highest BCUT2D eigenvalue weighted by atomic mass is 16.1. The summed E-state index contributed by atoms with van der Waals surface area (Å²) in [5.41, 5.74) is 0. The molecule has 0 radical (unpaired) electrons. The number of hydrogen-bond acceptors (Lipinski definition) is 2. The van der Waals surface area contributed by atoms with Crippen LogP contribution in [0.15, 0.2) is 0 Å². The van der Waals surface area contributed by atoms with Gasteiger partial charge in [0, 0.05) is 12.8 Å². The fourth-order valence-electron chi connectivity index (χ4n) is 1.95. The van der Waals surface area contributed by atoms with Gasteiger partial charge in [0.25, 0.3) is 0 Å². The second kappa shape index (κ2) is 3.83. The second-order valence-electron chi connectivity index (χ2n) is 3.63. The molecule has 2 unspecified atom stereocenters. The predicted molar refractivity (Wildman–Crippen MR) is 46.8 cm³/mol. The molecule has 12 heavy (non-hydrogen) atoms. The van der Waals surface area contributed by atoms with E-state index in [1.807, 2.05) is 13.8 Å². The molecule has 1 rings (SSSR count). The van der Waals surface area contributed by atoms with Gasteiger partial charge in [-0.05, 0) is 18.8 Å². The van der Waals surface area contributed by atoms with Gasteiger partial charge >= 0.3 is 0 Å². The number of carbonyl (C=O) groups excluding carboxylic acids is 2. The van der Waals surface area contributed by atoms with Gasteiger partial charge in [-0.2, -0.15) is 0 Å². The molecule has 0 aliphatic heterocycles. The Labute approximate surface area is 73.3 Å². The molecule has 2 nitrogen and oxygen atoms in total. The number of ketones is 2. The lowest BCUT2D eigenvalue weighted by Gasteiger charge is -2.25. The third kappa shape index (κ3) is 1.74. The maximum atomic E-state index is 11.4. The lowest BCUT2D eigenvalue weighted by molar-refractivity contribution is -0.136. The van der Waals surface area contributed by atoms with Crippen LogP contribution in [0.2, 0.25) is 0 Å². The van der Waals surface area contributed by atoms with Crippen molar-refractivity contribution in [3.8, 4) is 0 Å². The zero-order chi connectivity index (χ0) is 9.14. The largest absolute Gasteiger partial charge is 0.299 e. The minimum atomic E-state index is -0.274. The number of carbonyl (C=O) groups is 2. The van der Waals surface area contributed by atoms with Crippen molar-refractivity contribution in [2.24, 2.45) is 11.8 Å². The van der Waals surface area contributed by atoms with Gasteiger partial charge in [-0.25, -0.2) is 0 Å². The van der Waals surface area contributed by atoms with E-state index in [2.05, 4.69) is 0 Å². The molecular weight excluding hydrogens is 152 g/mol. The normalized spacial score (nSPS) is 30.3. The summed E-state index contributed by atoms with van der Waals surface area (Å²) in [5.74, 6) is 0.301. The van der Waals surface area contributed by atoms with Gasteiger partial charge in [-0.15, -0.1) is 0 Å². The van der Waals surface area contributed by atoms with E-state index < -0.39 is 0 Å². The third-order valence-electron chi connectivity index (χ3n) is 2.69. The molecule has 68 valence electrons. The van der Waals surface area contributed by atoms with Crippen molar-refractivity contribution in [1.29, 1.82) is 0 Å². The molecule has 2 heteroatoms. The zero-order valence-corrected chi connectivity index (χ0v) is 7.80. The quantitative estimate of drug-likeness (QED) is 0.591. The SMILES string of the molecule is CCC(=O)C1C(=O)CCCC1C. The van der Waals surface area contributed by atoms with Crippen LogP contribution in [0.25, 0.3) is 0 Å². The monoisotopic (exact) mass is 168 g/mol. The standard InChI is InChI=1S/C10H16O2/c1-3-8(11)10-7(2)5-4-6-9(10)12/h7,10H,3-6H2,1-2H3. The third-order valence-corrected chi connectivity index (χ3v) is 2.69. The summed E-state index contributed by atoms with van der Waals surface area (Å²) in [5, 5.41) is 0. The van der Waals surface area contributed by atoms with E-state index in [1.165, 1.54) is 0 Å². The Balaban J connectivity index is 2.69. The molecule has 0 N–H and O–H groups in total. The molecule has 1 aliphatic rings. The van der Waals surface area contributed by atoms with Crippen molar-refractivity contribution in [3.05, 3.63) is 0 Å². The minimum Gasteiger partial charge on any atom is -0.299 e. The predicted octanol–water partition coefficient (Wildman–Crippen LogP) is 1.97. The maximum absolute atomic E-state index is 11.4. The van der Waals surface area contributed by atoms with Gasteiger partial charge in [-0.3, -0.25) is 9.59 Å². The Morgan fingerprint density at radius 3 is 2.75 bits per heavy atom. The summed E-state index contributed by atoms with van der Waals surface area (Å²) in [6.45, 7) is 3.84. The van der Waals surface area contributed by atoms with Gasteiger partial charge < -0.3 is 0 Å². The molecule has 0 spiro atoms. The first-order valence-corrected chi connectivity index (χ1v) is 4.72. The van der Waals surface area contributed by atoms with Crippen LogP contribution < -0.4 is 0 Å². The van der Waals surface area contributed by atoms with Gasteiger partial charge in [0.2, 0.25) is 0 Å². The van der Waals surface area contributed by atoms with Crippen molar-refractivity contribution in [1.82, 2.24) is 0 Å². The Bertz CT molecular complexity index is 188. The van der Waals surface area contributed by atoms with E-state index in [-0.39, 0.29) is 23.4 Å². The highest BCUT2D eigenvalue weighted by Gasteiger charge is 2.33. The molecule has 0 aromatic heterocycles. The molecule has 0 heterocycles. The minimum absolute atomic E-state index is 0.132. The molecule has 0 amide bonds. The van der Waals surface area contributed by atoms with Crippen LogP contribution >= 0.6 is 0 Å². The smallest absolute Gasteiger partial charge is 0.143 e. The molecule has 0 aromatic rings. The first kappa shape index (κ1) is 9.43. The molecule has 0 saturated heterocycles. The van der Waals surface area contributed by atoms with Crippen LogP contribution in [0.4, 0.5) is 0 Å². The van der Waals surface area contributed by atoms with Crippen molar-refractivity contribution >= 4 is 11.6 Å². The van der Waals surface area contributed by atoms with E-state index in [4.69, 9.17) is 0 Å². The van der Waals surface area contributed by atoms with E-state index in [0.29, 0.717) is 12.8 Å². The highest BCUT2D eigenvalue weighted by molar-refractivity contribution is 6.02. The van der Waals surface area contributed by atoms with Gasteiger partial charge in [0.05, 0.1) is 5.92 Å². The van der Waals surface area contributed by atoms with E-state index in [1.54, 1.807) is 0 Å². The Morgan fingerprint density at radius 2 is 2.25 bits per heavy atom. The summed E-state index contributed by atoms with van der Waals surface area (Å²) in [4.78, 5) is 22.8. The van der Waals surface area contributed by atoms with Gasteiger partial charge in [0.15, 0.2) is 0 Å². The number of hydrogen-bond donors (Lipinski definition) is 0. The Morgan fingerprint density at radius 1 is 1.58 bits per heavy atom. The first-order valence-electron chi connectivity index (χ1n) is 4.72. The van der Waals surface area contributed by atoms with Crippen LogP contribution in [0, 0.1) is 11.8 Å². The lowest BCUT2D eigenvalue weighted by atomic mass is 9.76. The van der Waals surface area contributed by atoms with Crippen LogP contribution in [-0.2, 0) is 9.59 Å². The maximum Gasteiger partial charge on any atom is 0.143 e. The zero-order valence-electron chi connectivity index (χ0n) is 7.80. The molecule has 1 saturated carbocycles. The Hall–Kier alpha value is -0.660. The lowest BCUT2D eigenvalue weighted by Crippen LogP contribution is -2.33. The highest BCUT2D eigenvalue weighted by Crippen LogP contribution is 2.28. The summed E-state index contributed by atoms with van der Waals surface area (Å²) < 4.78 is 0. The van der Waals surface area contributed by atoms with Crippen molar-refractivity contribution in [2.75, 3.05) is 0 Å². The van der Waals surface area contributed by atoms with Gasteiger partial charge in [-0.1, -0.05) is 13.8 Å². The number of rotatable bonds is 2. The molecule has 0 aromatic carbocycles. The molecule has 0 bridgehead atoms. The van der Waals surface area contributed by atoms with Crippen molar-refractivity contribution in [2.45, 2.75) is 39.5 Å². The average molecular weight is 168 g/mol. The fraction of sp³-hybridized carbons (Fsp3) is 0.800. The molecule has 1 fully saturated rings. The van der Waals surface area contributed by atoms with Crippen molar-refractivity contribution in [3.63, 3.8) is 0 Å². The second-order valence-corrected chi connectivity index (χ2v) is 3.63. The van der Waals surface area contributed by atoms with E-state index in [9.17, 15) is 9.59 Å². The van der Waals surface area contributed by atoms with Crippen LogP contribution in [0.3, 0.4) is 0 Å². The Kier molecular flexibility index (Phi) is 3.01. The summed E-state index contributed by atoms with van der Waals surface area (Å²) in [6.07, 6.45) is 3.11. The van der Waals surface area contributed by atoms with E-state index >= 15 is 0 Å². The van der Waals surface area contributed by atoms with Crippen LogP contribution in [0.5, 0.6) is 0 Å². The molecular formula is C10H16O2. The van der Waals surface area contributed by atoms with E-state index in [0.717, 1.165) is 12.8 Å².